The molecule has 0 aliphatic carbocycles. The predicted octanol–water partition coefficient (Wildman–Crippen LogP) is 6.78. The molecular weight excluding hydrogens is 436 g/mol. The predicted molar refractivity (Wildman–Crippen MR) is 144 cm³/mol. The van der Waals surface area contributed by atoms with Crippen molar-refractivity contribution < 1.29 is 4.79 Å². The Bertz CT molecular complexity index is 1500. The van der Waals surface area contributed by atoms with Gasteiger partial charge in [-0.25, -0.2) is 0 Å². The first-order valence-corrected chi connectivity index (χ1v) is 13.0. The molecule has 1 N–H and O–H groups in total. The van der Waals surface area contributed by atoms with Gasteiger partial charge in [-0.1, -0.05) is 54.6 Å². The third-order valence-corrected chi connectivity index (χ3v) is 8.19. The summed E-state index contributed by atoms with van der Waals surface area (Å²) in [4.78, 5) is 15.3. The van der Waals surface area contributed by atoms with Crippen molar-refractivity contribution in [2.75, 3.05) is 19.6 Å². The van der Waals surface area contributed by atoms with Crippen LogP contribution in [0.4, 0.5) is 0 Å². The molecule has 1 aliphatic heterocycles. The van der Waals surface area contributed by atoms with Gasteiger partial charge in [0.2, 0.25) is 0 Å². The first kappa shape index (κ1) is 21.3. The highest BCUT2D eigenvalue weighted by molar-refractivity contribution is 7.25. The van der Waals surface area contributed by atoms with Crippen LogP contribution in [0.15, 0.2) is 78.9 Å². The maximum Gasteiger partial charge on any atom is 0.251 e. The van der Waals surface area contributed by atoms with Crippen LogP contribution < -0.4 is 5.32 Å². The second kappa shape index (κ2) is 9.21. The molecule has 0 atom stereocenters. The van der Waals surface area contributed by atoms with Crippen LogP contribution in [0.5, 0.6) is 0 Å². The van der Waals surface area contributed by atoms with Crippen LogP contribution >= 0.6 is 11.3 Å². The Balaban J connectivity index is 1.01. The van der Waals surface area contributed by atoms with E-state index >= 15 is 0 Å². The SMILES string of the molecule is O=C(NCCCCN1CCc2c(ccc3ccccc23)C1)c1ccc2sc3ccccc3c2c1. The molecule has 170 valence electrons. The first-order valence-electron chi connectivity index (χ1n) is 12.2. The van der Waals surface area contributed by atoms with Crippen LogP contribution in [-0.2, 0) is 13.0 Å². The highest BCUT2D eigenvalue weighted by Gasteiger charge is 2.17. The number of hydrogen-bond acceptors (Lipinski definition) is 3. The third-order valence-electron chi connectivity index (χ3n) is 7.04. The number of unbranched alkanes of at least 4 members (excludes halogenated alkanes) is 1. The Morgan fingerprint density at radius 3 is 2.62 bits per heavy atom. The number of fused-ring (bicyclic) bond motifs is 6. The number of nitrogens with zero attached hydrogens (tertiary/aromatic N) is 1. The molecule has 0 saturated carbocycles. The summed E-state index contributed by atoms with van der Waals surface area (Å²) in [6.07, 6.45) is 3.21. The van der Waals surface area contributed by atoms with E-state index in [1.165, 1.54) is 42.1 Å². The molecule has 1 aliphatic rings. The average Bonchev–Trinajstić information content (AvgIpc) is 3.26. The lowest BCUT2D eigenvalue weighted by molar-refractivity contribution is 0.0952. The zero-order valence-electron chi connectivity index (χ0n) is 19.2. The van der Waals surface area contributed by atoms with Gasteiger partial charge in [-0.3, -0.25) is 9.69 Å². The fourth-order valence-electron chi connectivity index (χ4n) is 5.24. The Kier molecular flexibility index (Phi) is 5.78. The molecule has 4 heteroatoms. The number of nitrogens with one attached hydrogen (secondary N) is 1. The largest absolute Gasteiger partial charge is 0.352 e. The molecule has 0 unspecified atom stereocenters. The van der Waals surface area contributed by atoms with Gasteiger partial charge in [0.05, 0.1) is 0 Å². The van der Waals surface area contributed by atoms with Gasteiger partial charge < -0.3 is 5.32 Å². The first-order chi connectivity index (χ1) is 16.8. The van der Waals surface area contributed by atoms with E-state index in [0.717, 1.165) is 51.0 Å². The molecule has 34 heavy (non-hydrogen) atoms. The normalized spacial score (nSPS) is 14.0. The highest BCUT2D eigenvalue weighted by Crippen LogP contribution is 2.34. The quantitative estimate of drug-likeness (QED) is 0.281. The van der Waals surface area contributed by atoms with Crippen LogP contribution in [0.2, 0.25) is 0 Å². The second-order valence-corrected chi connectivity index (χ2v) is 10.3. The summed E-state index contributed by atoms with van der Waals surface area (Å²) in [6, 6.07) is 27.7. The van der Waals surface area contributed by atoms with Crippen LogP contribution in [0.25, 0.3) is 30.9 Å². The number of hydrogen-bond donors (Lipinski definition) is 1. The number of benzene rings is 4. The van der Waals surface area contributed by atoms with Gasteiger partial charge in [0, 0.05) is 45.4 Å². The van der Waals surface area contributed by atoms with Gasteiger partial charge in [0.25, 0.3) is 5.91 Å². The maximum atomic E-state index is 12.7. The van der Waals surface area contributed by atoms with E-state index in [1.807, 2.05) is 12.1 Å². The number of rotatable bonds is 6. The number of carbonyl (C=O) groups is 1. The van der Waals surface area contributed by atoms with Crippen LogP contribution in [0, 0.1) is 0 Å². The van der Waals surface area contributed by atoms with Crippen molar-refractivity contribution in [3.05, 3.63) is 95.6 Å². The maximum absolute atomic E-state index is 12.7. The minimum atomic E-state index is 0.0240. The van der Waals surface area contributed by atoms with E-state index in [2.05, 4.69) is 76.9 Å². The van der Waals surface area contributed by atoms with E-state index < -0.39 is 0 Å². The number of thiophene rings is 1. The molecule has 0 radical (unpaired) electrons. The minimum absolute atomic E-state index is 0.0240. The molecule has 0 bridgehead atoms. The molecule has 0 saturated heterocycles. The van der Waals surface area contributed by atoms with Crippen molar-refractivity contribution in [3.8, 4) is 0 Å². The Morgan fingerprint density at radius 1 is 0.853 bits per heavy atom. The van der Waals surface area contributed by atoms with E-state index in [0.29, 0.717) is 0 Å². The minimum Gasteiger partial charge on any atom is -0.352 e. The standard InChI is InChI=1S/C30H28N2OS/c33-30(22-13-14-29-27(19-22)26-9-3-4-10-28(26)34-29)31-16-5-6-17-32-18-15-25-23(20-32)12-11-21-7-1-2-8-24(21)25/h1-4,7-14,19H,5-6,15-18,20H2,(H,31,33). The Hall–Kier alpha value is -3.21. The van der Waals surface area contributed by atoms with E-state index in [1.54, 1.807) is 11.3 Å². The molecule has 6 rings (SSSR count). The molecular formula is C30H28N2OS. The Labute approximate surface area is 204 Å². The summed E-state index contributed by atoms with van der Waals surface area (Å²) in [7, 11) is 0. The zero-order chi connectivity index (χ0) is 22.9. The van der Waals surface area contributed by atoms with Crippen LogP contribution in [0.1, 0.15) is 34.3 Å². The van der Waals surface area contributed by atoms with Gasteiger partial charge in [-0.15, -0.1) is 11.3 Å². The van der Waals surface area contributed by atoms with Crippen molar-refractivity contribution in [3.63, 3.8) is 0 Å². The van der Waals surface area contributed by atoms with Gasteiger partial charge in [0.15, 0.2) is 0 Å². The van der Waals surface area contributed by atoms with E-state index in [9.17, 15) is 4.79 Å². The Morgan fingerprint density at radius 2 is 1.68 bits per heavy atom. The van der Waals surface area contributed by atoms with Crippen LogP contribution in [-0.4, -0.2) is 30.4 Å². The molecule has 3 nitrogen and oxygen atoms in total. The molecule has 0 spiro atoms. The van der Waals surface area contributed by atoms with Crippen molar-refractivity contribution in [1.29, 1.82) is 0 Å². The van der Waals surface area contributed by atoms with Crippen LogP contribution in [0.3, 0.4) is 0 Å². The summed E-state index contributed by atoms with van der Waals surface area (Å²) in [5, 5.41) is 8.28. The van der Waals surface area contributed by atoms with Gasteiger partial charge >= 0.3 is 0 Å². The summed E-state index contributed by atoms with van der Waals surface area (Å²) in [5.74, 6) is 0.0240. The summed E-state index contributed by atoms with van der Waals surface area (Å²) in [6.45, 7) is 3.94. The molecule has 5 aromatic rings. The molecule has 1 aromatic heterocycles. The van der Waals surface area contributed by atoms with E-state index in [4.69, 9.17) is 0 Å². The van der Waals surface area contributed by atoms with Gasteiger partial charge in [-0.05, 0) is 72.0 Å². The van der Waals surface area contributed by atoms with Crippen molar-refractivity contribution >= 4 is 48.2 Å². The second-order valence-electron chi connectivity index (χ2n) is 9.22. The highest BCUT2D eigenvalue weighted by atomic mass is 32.1. The number of amides is 1. The average molecular weight is 465 g/mol. The summed E-state index contributed by atoms with van der Waals surface area (Å²) < 4.78 is 2.50. The van der Waals surface area contributed by atoms with Crippen molar-refractivity contribution in [2.24, 2.45) is 0 Å². The van der Waals surface area contributed by atoms with Crippen molar-refractivity contribution in [2.45, 2.75) is 25.8 Å². The monoisotopic (exact) mass is 464 g/mol. The topological polar surface area (TPSA) is 32.3 Å². The molecule has 0 fully saturated rings. The number of carbonyl (C=O) groups excluding carboxylic acids is 1. The van der Waals surface area contributed by atoms with E-state index in [-0.39, 0.29) is 5.91 Å². The zero-order valence-corrected chi connectivity index (χ0v) is 20.0. The third kappa shape index (κ3) is 4.08. The van der Waals surface area contributed by atoms with Gasteiger partial charge in [-0.2, -0.15) is 0 Å². The lowest BCUT2D eigenvalue weighted by Crippen LogP contribution is -2.32. The molecule has 4 aromatic carbocycles. The fourth-order valence-corrected chi connectivity index (χ4v) is 6.32. The summed E-state index contributed by atoms with van der Waals surface area (Å²) >= 11 is 1.78. The van der Waals surface area contributed by atoms with Gasteiger partial charge in [0.1, 0.15) is 0 Å². The lowest BCUT2D eigenvalue weighted by atomic mass is 9.93. The lowest BCUT2D eigenvalue weighted by Gasteiger charge is -2.29. The molecule has 2 heterocycles. The fraction of sp³-hybridized carbons (Fsp3) is 0.233. The summed E-state index contributed by atoms with van der Waals surface area (Å²) in [5.41, 5.74) is 3.74. The molecule has 1 amide bonds. The smallest absolute Gasteiger partial charge is 0.251 e. The van der Waals surface area contributed by atoms with Crippen molar-refractivity contribution in [1.82, 2.24) is 10.2 Å².